The zero-order valence-electron chi connectivity index (χ0n) is 14.2. The summed E-state index contributed by atoms with van der Waals surface area (Å²) >= 11 is 0. The van der Waals surface area contributed by atoms with E-state index in [0.29, 0.717) is 6.04 Å². The Morgan fingerprint density at radius 3 is 2.35 bits per heavy atom. The molecule has 1 aliphatic rings. The molecule has 20 heavy (non-hydrogen) atoms. The lowest BCUT2D eigenvalue weighted by Gasteiger charge is -2.48. The van der Waals surface area contributed by atoms with Crippen molar-refractivity contribution in [3.05, 3.63) is 0 Å². The summed E-state index contributed by atoms with van der Waals surface area (Å²) in [6, 6.07) is 0.608. The molecule has 3 nitrogen and oxygen atoms in total. The van der Waals surface area contributed by atoms with Crippen LogP contribution >= 0.6 is 0 Å². The van der Waals surface area contributed by atoms with E-state index >= 15 is 0 Å². The Balaban J connectivity index is 2.69. The molecule has 120 valence electrons. The minimum atomic E-state index is 0.271. The summed E-state index contributed by atoms with van der Waals surface area (Å²) in [5.74, 6) is 0. The second kappa shape index (κ2) is 9.75. The zero-order valence-corrected chi connectivity index (χ0v) is 14.2. The van der Waals surface area contributed by atoms with E-state index in [4.69, 9.17) is 4.74 Å². The van der Waals surface area contributed by atoms with Gasteiger partial charge in [-0.25, -0.2) is 0 Å². The quantitative estimate of drug-likeness (QED) is 0.622. The number of rotatable bonds is 10. The summed E-state index contributed by atoms with van der Waals surface area (Å²) in [5, 5.41) is 3.83. The lowest BCUT2D eigenvalue weighted by Crippen LogP contribution is -2.61. The third kappa shape index (κ3) is 5.01. The second-order valence-electron chi connectivity index (χ2n) is 6.31. The molecule has 1 saturated heterocycles. The predicted molar refractivity (Wildman–Crippen MR) is 87.3 cm³/mol. The molecule has 0 spiro atoms. The maximum absolute atomic E-state index is 5.54. The van der Waals surface area contributed by atoms with Crippen LogP contribution < -0.4 is 5.32 Å². The molecule has 1 rings (SSSR count). The minimum Gasteiger partial charge on any atom is -0.379 e. The molecule has 0 radical (unpaired) electrons. The standard InChI is InChI=1S/C17H36N2O/c1-5-8-9-10-16(18-11-6-2)17(4,7-3)19-12-14-20-15-13-19/h16,18H,5-15H2,1-4H3. The Morgan fingerprint density at radius 1 is 1.10 bits per heavy atom. The van der Waals surface area contributed by atoms with E-state index in [-0.39, 0.29) is 5.54 Å². The average Bonchev–Trinajstić information content (AvgIpc) is 2.51. The van der Waals surface area contributed by atoms with Crippen molar-refractivity contribution in [3.63, 3.8) is 0 Å². The molecule has 0 saturated carbocycles. The SMILES string of the molecule is CCCCCC(NCCC)C(C)(CC)N1CCOCC1. The fraction of sp³-hybridized carbons (Fsp3) is 1.00. The Morgan fingerprint density at radius 2 is 1.80 bits per heavy atom. The number of nitrogens with one attached hydrogen (secondary N) is 1. The molecule has 0 aliphatic carbocycles. The number of hydrogen-bond acceptors (Lipinski definition) is 3. The Hall–Kier alpha value is -0.120. The maximum atomic E-state index is 5.54. The second-order valence-corrected chi connectivity index (χ2v) is 6.31. The highest BCUT2D eigenvalue weighted by Crippen LogP contribution is 2.28. The van der Waals surface area contributed by atoms with Crippen molar-refractivity contribution in [2.75, 3.05) is 32.8 Å². The molecular formula is C17H36N2O. The predicted octanol–water partition coefficient (Wildman–Crippen LogP) is 3.44. The molecule has 0 amide bonds. The lowest BCUT2D eigenvalue weighted by molar-refractivity contribution is -0.0336. The third-order valence-corrected chi connectivity index (χ3v) is 4.94. The summed E-state index contributed by atoms with van der Waals surface area (Å²) in [7, 11) is 0. The van der Waals surface area contributed by atoms with Gasteiger partial charge in [0, 0.05) is 24.7 Å². The van der Waals surface area contributed by atoms with Crippen LogP contribution in [-0.4, -0.2) is 49.3 Å². The van der Waals surface area contributed by atoms with Gasteiger partial charge in [0.15, 0.2) is 0 Å². The molecule has 0 bridgehead atoms. The van der Waals surface area contributed by atoms with Crippen LogP contribution in [0.25, 0.3) is 0 Å². The number of morpholine rings is 1. The van der Waals surface area contributed by atoms with Crippen molar-refractivity contribution >= 4 is 0 Å². The van der Waals surface area contributed by atoms with Crippen molar-refractivity contribution < 1.29 is 4.74 Å². The van der Waals surface area contributed by atoms with E-state index in [9.17, 15) is 0 Å². The number of hydrogen-bond donors (Lipinski definition) is 1. The van der Waals surface area contributed by atoms with E-state index in [0.717, 1.165) is 32.8 Å². The fourth-order valence-corrected chi connectivity index (χ4v) is 3.31. The van der Waals surface area contributed by atoms with E-state index in [1.165, 1.54) is 38.5 Å². The molecule has 3 heteroatoms. The molecule has 0 aromatic carbocycles. The highest BCUT2D eigenvalue weighted by molar-refractivity contribution is 4.97. The highest BCUT2D eigenvalue weighted by Gasteiger charge is 2.38. The Bertz CT molecular complexity index is 241. The van der Waals surface area contributed by atoms with Gasteiger partial charge >= 0.3 is 0 Å². The first-order chi connectivity index (χ1) is 9.69. The smallest absolute Gasteiger partial charge is 0.0594 e. The van der Waals surface area contributed by atoms with Gasteiger partial charge in [-0.1, -0.05) is 40.0 Å². The summed E-state index contributed by atoms with van der Waals surface area (Å²) in [4.78, 5) is 2.66. The topological polar surface area (TPSA) is 24.5 Å². The molecule has 1 N–H and O–H groups in total. The number of ether oxygens (including phenoxy) is 1. The molecule has 1 fully saturated rings. The van der Waals surface area contributed by atoms with Gasteiger partial charge in [-0.2, -0.15) is 0 Å². The maximum Gasteiger partial charge on any atom is 0.0594 e. The molecule has 0 aromatic heterocycles. The van der Waals surface area contributed by atoms with E-state index < -0.39 is 0 Å². The van der Waals surface area contributed by atoms with Crippen LogP contribution in [0.2, 0.25) is 0 Å². The van der Waals surface area contributed by atoms with Crippen molar-refractivity contribution in [1.82, 2.24) is 10.2 Å². The van der Waals surface area contributed by atoms with Crippen molar-refractivity contribution in [3.8, 4) is 0 Å². The zero-order chi connectivity index (χ0) is 14.8. The van der Waals surface area contributed by atoms with Crippen LogP contribution in [0, 0.1) is 0 Å². The first kappa shape index (κ1) is 17.9. The minimum absolute atomic E-state index is 0.271. The summed E-state index contributed by atoms with van der Waals surface area (Å²) < 4.78 is 5.54. The summed E-state index contributed by atoms with van der Waals surface area (Å²) in [5.41, 5.74) is 0.271. The van der Waals surface area contributed by atoms with Crippen LogP contribution in [0.3, 0.4) is 0 Å². The van der Waals surface area contributed by atoms with Gasteiger partial charge in [-0.15, -0.1) is 0 Å². The van der Waals surface area contributed by atoms with Crippen LogP contribution in [0.5, 0.6) is 0 Å². The third-order valence-electron chi connectivity index (χ3n) is 4.94. The number of unbranched alkanes of at least 4 members (excludes halogenated alkanes) is 2. The van der Waals surface area contributed by atoms with Gasteiger partial charge in [0.2, 0.25) is 0 Å². The number of nitrogens with zero attached hydrogens (tertiary/aromatic N) is 1. The van der Waals surface area contributed by atoms with Crippen molar-refractivity contribution in [1.29, 1.82) is 0 Å². The summed E-state index contributed by atoms with van der Waals surface area (Å²) in [6.07, 6.45) is 7.73. The van der Waals surface area contributed by atoms with E-state index in [2.05, 4.69) is 37.9 Å². The van der Waals surface area contributed by atoms with Gasteiger partial charge in [-0.3, -0.25) is 4.90 Å². The van der Waals surface area contributed by atoms with Crippen LogP contribution in [0.4, 0.5) is 0 Å². The summed E-state index contributed by atoms with van der Waals surface area (Å²) in [6.45, 7) is 14.4. The van der Waals surface area contributed by atoms with Crippen LogP contribution in [-0.2, 0) is 4.74 Å². The van der Waals surface area contributed by atoms with Gasteiger partial charge < -0.3 is 10.1 Å². The van der Waals surface area contributed by atoms with Gasteiger partial charge in [-0.05, 0) is 32.7 Å². The highest BCUT2D eigenvalue weighted by atomic mass is 16.5. The fourth-order valence-electron chi connectivity index (χ4n) is 3.31. The Kier molecular flexibility index (Phi) is 8.74. The molecule has 2 atom stereocenters. The van der Waals surface area contributed by atoms with Crippen molar-refractivity contribution in [2.24, 2.45) is 0 Å². The van der Waals surface area contributed by atoms with Crippen LogP contribution in [0.15, 0.2) is 0 Å². The van der Waals surface area contributed by atoms with Crippen LogP contribution in [0.1, 0.15) is 66.2 Å². The first-order valence-electron chi connectivity index (χ1n) is 8.75. The van der Waals surface area contributed by atoms with E-state index in [1.54, 1.807) is 0 Å². The monoisotopic (exact) mass is 284 g/mol. The van der Waals surface area contributed by atoms with E-state index in [1.807, 2.05) is 0 Å². The van der Waals surface area contributed by atoms with Gasteiger partial charge in [0.25, 0.3) is 0 Å². The Labute approximate surface area is 126 Å². The molecule has 1 heterocycles. The molecule has 0 aromatic rings. The molecule has 1 aliphatic heterocycles. The normalized spacial score (nSPS) is 21.6. The largest absolute Gasteiger partial charge is 0.379 e. The average molecular weight is 284 g/mol. The first-order valence-corrected chi connectivity index (χ1v) is 8.75. The van der Waals surface area contributed by atoms with Gasteiger partial charge in [0.05, 0.1) is 13.2 Å². The van der Waals surface area contributed by atoms with Gasteiger partial charge in [0.1, 0.15) is 0 Å². The molecular weight excluding hydrogens is 248 g/mol. The molecule has 2 unspecified atom stereocenters. The van der Waals surface area contributed by atoms with Crippen molar-refractivity contribution in [2.45, 2.75) is 77.8 Å². The lowest BCUT2D eigenvalue weighted by atomic mass is 9.83.